The van der Waals surface area contributed by atoms with Crippen LogP contribution in [0.2, 0.25) is 0 Å². The Morgan fingerprint density at radius 2 is 2.00 bits per heavy atom. The summed E-state index contributed by atoms with van der Waals surface area (Å²) in [5, 5.41) is 12.3. The number of aliphatic hydroxyl groups is 1. The SMILES string of the molecule is O=C(NCCN1CCC[C@@H](CO)C1)N1CCN(Cc2cccc(F)c2)CC1. The van der Waals surface area contributed by atoms with E-state index in [0.29, 0.717) is 32.1 Å². The molecule has 2 N–H and O–H groups in total. The van der Waals surface area contributed by atoms with Crippen LogP contribution >= 0.6 is 0 Å². The maximum absolute atomic E-state index is 13.3. The Balaban J connectivity index is 1.33. The van der Waals surface area contributed by atoms with Crippen molar-refractivity contribution in [3.05, 3.63) is 35.6 Å². The van der Waals surface area contributed by atoms with Crippen LogP contribution < -0.4 is 5.32 Å². The number of nitrogens with zero attached hydrogens (tertiary/aromatic N) is 3. The molecule has 1 aromatic rings. The largest absolute Gasteiger partial charge is 0.396 e. The van der Waals surface area contributed by atoms with E-state index in [1.54, 1.807) is 12.1 Å². The molecule has 7 heteroatoms. The van der Waals surface area contributed by atoms with Crippen LogP contribution in [0.25, 0.3) is 0 Å². The fraction of sp³-hybridized carbons (Fsp3) is 0.650. The second-order valence-electron chi connectivity index (χ2n) is 7.62. The molecular formula is C20H31FN4O2. The third kappa shape index (κ3) is 6.16. The van der Waals surface area contributed by atoms with Crippen molar-refractivity contribution >= 4 is 6.03 Å². The van der Waals surface area contributed by atoms with Gasteiger partial charge < -0.3 is 20.2 Å². The van der Waals surface area contributed by atoms with Crippen LogP contribution in [0.3, 0.4) is 0 Å². The molecule has 0 saturated carbocycles. The molecule has 0 unspecified atom stereocenters. The van der Waals surface area contributed by atoms with E-state index in [9.17, 15) is 14.3 Å². The van der Waals surface area contributed by atoms with Crippen LogP contribution in [0, 0.1) is 11.7 Å². The molecule has 2 fully saturated rings. The van der Waals surface area contributed by atoms with Crippen LogP contribution in [-0.4, -0.2) is 84.8 Å². The Morgan fingerprint density at radius 1 is 1.19 bits per heavy atom. The van der Waals surface area contributed by atoms with E-state index < -0.39 is 0 Å². The highest BCUT2D eigenvalue weighted by Gasteiger charge is 2.22. The lowest BCUT2D eigenvalue weighted by atomic mass is 9.99. The Labute approximate surface area is 160 Å². The second kappa shape index (κ2) is 10.0. The topological polar surface area (TPSA) is 59.1 Å². The first-order chi connectivity index (χ1) is 13.1. The number of carbonyl (C=O) groups is 1. The molecule has 1 atom stereocenters. The van der Waals surface area contributed by atoms with Gasteiger partial charge in [-0.2, -0.15) is 0 Å². The summed E-state index contributed by atoms with van der Waals surface area (Å²) in [6.07, 6.45) is 2.21. The highest BCUT2D eigenvalue weighted by molar-refractivity contribution is 5.74. The zero-order valence-electron chi connectivity index (χ0n) is 15.9. The summed E-state index contributed by atoms with van der Waals surface area (Å²) in [6, 6.07) is 6.70. The normalized spacial score (nSPS) is 22.0. The molecule has 3 rings (SSSR count). The maximum atomic E-state index is 13.3. The number of halogens is 1. The average Bonchev–Trinajstić information content (AvgIpc) is 2.69. The smallest absolute Gasteiger partial charge is 0.317 e. The number of piperidine rings is 1. The van der Waals surface area contributed by atoms with E-state index in [1.807, 2.05) is 11.0 Å². The number of rotatable bonds is 6. The minimum Gasteiger partial charge on any atom is -0.396 e. The van der Waals surface area contributed by atoms with Crippen LogP contribution in [0.15, 0.2) is 24.3 Å². The third-order valence-corrected chi connectivity index (χ3v) is 5.52. The lowest BCUT2D eigenvalue weighted by Gasteiger charge is -2.35. The number of amides is 2. The first kappa shape index (κ1) is 20.0. The summed E-state index contributed by atoms with van der Waals surface area (Å²) in [6.45, 7) is 7.40. The van der Waals surface area contributed by atoms with E-state index >= 15 is 0 Å². The number of hydrogen-bond donors (Lipinski definition) is 2. The number of piperazine rings is 1. The fourth-order valence-electron chi connectivity index (χ4n) is 3.94. The Bertz CT molecular complexity index is 607. The highest BCUT2D eigenvalue weighted by Crippen LogP contribution is 2.15. The molecule has 2 saturated heterocycles. The molecule has 2 aliphatic rings. The summed E-state index contributed by atoms with van der Waals surface area (Å²) in [4.78, 5) is 18.8. The quantitative estimate of drug-likeness (QED) is 0.785. The van der Waals surface area contributed by atoms with Crippen LogP contribution in [0.5, 0.6) is 0 Å². The molecule has 0 radical (unpaired) electrons. The van der Waals surface area contributed by atoms with Crippen molar-refractivity contribution in [2.75, 3.05) is 59.0 Å². The summed E-state index contributed by atoms with van der Waals surface area (Å²) in [5.74, 6) is 0.171. The summed E-state index contributed by atoms with van der Waals surface area (Å²) in [7, 11) is 0. The summed E-state index contributed by atoms with van der Waals surface area (Å²) in [5.41, 5.74) is 0.968. The van der Waals surface area contributed by atoms with Gasteiger partial charge in [0.2, 0.25) is 0 Å². The van der Waals surface area contributed by atoms with Gasteiger partial charge in [0.25, 0.3) is 0 Å². The average molecular weight is 378 g/mol. The fourth-order valence-corrected chi connectivity index (χ4v) is 3.94. The lowest BCUT2D eigenvalue weighted by Crippen LogP contribution is -2.52. The van der Waals surface area contributed by atoms with E-state index in [2.05, 4.69) is 15.1 Å². The standard InChI is InChI=1S/C20H31FN4O2/c21-19-5-1-3-17(13-19)14-24-9-11-25(12-10-24)20(27)22-6-8-23-7-2-4-18(15-23)16-26/h1,3,5,13,18,26H,2,4,6-12,14-16H2,(H,22,27)/t18-/m1/s1. The highest BCUT2D eigenvalue weighted by atomic mass is 19.1. The minimum absolute atomic E-state index is 0.00359. The number of benzene rings is 1. The molecule has 0 aliphatic carbocycles. The van der Waals surface area contributed by atoms with E-state index in [1.165, 1.54) is 6.07 Å². The van der Waals surface area contributed by atoms with Crippen molar-refractivity contribution in [1.82, 2.24) is 20.0 Å². The van der Waals surface area contributed by atoms with Gasteiger partial charge in [-0.3, -0.25) is 4.90 Å². The number of carbonyl (C=O) groups excluding carboxylic acids is 1. The van der Waals surface area contributed by atoms with Crippen molar-refractivity contribution in [2.24, 2.45) is 5.92 Å². The van der Waals surface area contributed by atoms with Crippen molar-refractivity contribution in [3.8, 4) is 0 Å². The molecule has 1 aromatic carbocycles. The molecule has 2 heterocycles. The maximum Gasteiger partial charge on any atom is 0.317 e. The van der Waals surface area contributed by atoms with Crippen LogP contribution in [0.1, 0.15) is 18.4 Å². The molecule has 6 nitrogen and oxygen atoms in total. The number of nitrogens with one attached hydrogen (secondary N) is 1. The van der Waals surface area contributed by atoms with E-state index in [4.69, 9.17) is 0 Å². The van der Waals surface area contributed by atoms with Gasteiger partial charge in [0.05, 0.1) is 0 Å². The van der Waals surface area contributed by atoms with Gasteiger partial charge in [0.15, 0.2) is 0 Å². The van der Waals surface area contributed by atoms with Crippen molar-refractivity contribution in [3.63, 3.8) is 0 Å². The number of aliphatic hydroxyl groups excluding tert-OH is 1. The molecular weight excluding hydrogens is 347 g/mol. The number of likely N-dealkylation sites (tertiary alicyclic amines) is 1. The van der Waals surface area contributed by atoms with Crippen LogP contribution in [-0.2, 0) is 6.54 Å². The van der Waals surface area contributed by atoms with Crippen molar-refractivity contribution in [1.29, 1.82) is 0 Å². The van der Waals surface area contributed by atoms with Gasteiger partial charge in [0.1, 0.15) is 5.82 Å². The minimum atomic E-state index is -0.204. The zero-order chi connectivity index (χ0) is 19.1. The number of hydrogen-bond acceptors (Lipinski definition) is 4. The van der Waals surface area contributed by atoms with Gasteiger partial charge in [-0.25, -0.2) is 9.18 Å². The molecule has 0 bridgehead atoms. The molecule has 150 valence electrons. The molecule has 27 heavy (non-hydrogen) atoms. The first-order valence-corrected chi connectivity index (χ1v) is 9.97. The monoisotopic (exact) mass is 378 g/mol. The summed E-state index contributed by atoms with van der Waals surface area (Å²) < 4.78 is 13.3. The molecule has 2 aliphatic heterocycles. The Morgan fingerprint density at radius 3 is 2.74 bits per heavy atom. The van der Waals surface area contributed by atoms with Gasteiger partial charge >= 0.3 is 6.03 Å². The van der Waals surface area contributed by atoms with Gasteiger partial charge in [-0.1, -0.05) is 12.1 Å². The molecule has 0 spiro atoms. The molecule has 2 amide bonds. The van der Waals surface area contributed by atoms with Gasteiger partial charge in [0, 0.05) is 59.0 Å². The molecule has 0 aromatic heterocycles. The second-order valence-corrected chi connectivity index (χ2v) is 7.62. The Kier molecular flexibility index (Phi) is 7.43. The zero-order valence-corrected chi connectivity index (χ0v) is 15.9. The van der Waals surface area contributed by atoms with Crippen molar-refractivity contribution in [2.45, 2.75) is 19.4 Å². The van der Waals surface area contributed by atoms with Gasteiger partial charge in [-0.05, 0) is 43.0 Å². The lowest BCUT2D eigenvalue weighted by molar-refractivity contribution is 0.117. The van der Waals surface area contributed by atoms with E-state index in [-0.39, 0.29) is 18.5 Å². The predicted octanol–water partition coefficient (Wildman–Crippen LogP) is 1.36. The van der Waals surface area contributed by atoms with Crippen LogP contribution in [0.4, 0.5) is 9.18 Å². The summed E-state index contributed by atoms with van der Waals surface area (Å²) >= 11 is 0. The predicted molar refractivity (Wildman–Crippen MR) is 103 cm³/mol. The number of urea groups is 1. The first-order valence-electron chi connectivity index (χ1n) is 9.97. The van der Waals surface area contributed by atoms with Crippen molar-refractivity contribution < 1.29 is 14.3 Å². The van der Waals surface area contributed by atoms with Gasteiger partial charge in [-0.15, -0.1) is 0 Å². The Hall–Kier alpha value is -1.70. The van der Waals surface area contributed by atoms with E-state index in [0.717, 1.165) is 51.1 Å². The third-order valence-electron chi connectivity index (χ3n) is 5.52.